The molecule has 1 aromatic rings. The second-order valence-corrected chi connectivity index (χ2v) is 5.96. The van der Waals surface area contributed by atoms with E-state index in [4.69, 9.17) is 0 Å². The summed E-state index contributed by atoms with van der Waals surface area (Å²) in [6, 6.07) is 6.13. The Bertz CT molecular complexity index is 415. The van der Waals surface area contributed by atoms with Crippen LogP contribution in [0.4, 0.5) is 5.69 Å². The molecule has 0 aliphatic heterocycles. The Labute approximate surface area is 105 Å². The van der Waals surface area contributed by atoms with Crippen molar-refractivity contribution in [2.24, 2.45) is 5.41 Å². The lowest BCUT2D eigenvalue weighted by Gasteiger charge is -2.23. The van der Waals surface area contributed by atoms with Crippen LogP contribution < -0.4 is 4.90 Å². The van der Waals surface area contributed by atoms with E-state index in [1.165, 1.54) is 11.1 Å². The van der Waals surface area contributed by atoms with Gasteiger partial charge < -0.3 is 4.90 Å². The highest BCUT2D eigenvalue weighted by Crippen LogP contribution is 2.23. The largest absolute Gasteiger partial charge is 0.315 e. The van der Waals surface area contributed by atoms with Crippen molar-refractivity contribution >= 4 is 11.6 Å². The second kappa shape index (κ2) is 4.91. The molecule has 1 amide bonds. The summed E-state index contributed by atoms with van der Waals surface area (Å²) in [5, 5.41) is 0. The molecule has 0 aliphatic rings. The second-order valence-electron chi connectivity index (χ2n) is 5.96. The molecule has 1 rings (SSSR count). The summed E-state index contributed by atoms with van der Waals surface area (Å²) >= 11 is 0. The number of amides is 1. The lowest BCUT2D eigenvalue weighted by atomic mass is 9.91. The third-order valence-electron chi connectivity index (χ3n) is 2.93. The average molecular weight is 233 g/mol. The third-order valence-corrected chi connectivity index (χ3v) is 2.93. The van der Waals surface area contributed by atoms with Gasteiger partial charge in [-0.1, -0.05) is 26.8 Å². The summed E-state index contributed by atoms with van der Waals surface area (Å²) in [6.45, 7) is 10.4. The minimum absolute atomic E-state index is 0.0328. The minimum atomic E-state index is 0.0328. The first kappa shape index (κ1) is 13.8. The van der Waals surface area contributed by atoms with Crippen LogP contribution in [0.3, 0.4) is 0 Å². The van der Waals surface area contributed by atoms with Gasteiger partial charge in [0.1, 0.15) is 0 Å². The highest BCUT2D eigenvalue weighted by Gasteiger charge is 2.19. The van der Waals surface area contributed by atoms with Gasteiger partial charge in [0.2, 0.25) is 5.91 Å². The summed E-state index contributed by atoms with van der Waals surface area (Å²) in [4.78, 5) is 13.8. The number of hydrogen-bond donors (Lipinski definition) is 0. The molecule has 0 spiro atoms. The molecule has 0 aliphatic carbocycles. The van der Waals surface area contributed by atoms with Gasteiger partial charge in [-0.2, -0.15) is 0 Å². The van der Waals surface area contributed by atoms with E-state index < -0.39 is 0 Å². The Hall–Kier alpha value is -1.31. The van der Waals surface area contributed by atoms with Gasteiger partial charge in [0.25, 0.3) is 0 Å². The zero-order valence-corrected chi connectivity index (χ0v) is 11.8. The third kappa shape index (κ3) is 3.88. The molecule has 17 heavy (non-hydrogen) atoms. The van der Waals surface area contributed by atoms with E-state index in [1.807, 2.05) is 13.1 Å². The van der Waals surface area contributed by atoms with Crippen LogP contribution in [0, 0.1) is 19.3 Å². The van der Waals surface area contributed by atoms with Crippen molar-refractivity contribution < 1.29 is 4.79 Å². The van der Waals surface area contributed by atoms with Crippen LogP contribution in [-0.2, 0) is 4.79 Å². The van der Waals surface area contributed by atoms with Crippen LogP contribution in [0.1, 0.15) is 38.3 Å². The molecule has 0 saturated carbocycles. The topological polar surface area (TPSA) is 20.3 Å². The summed E-state index contributed by atoms with van der Waals surface area (Å²) in [6.07, 6.45) is 0.566. The maximum Gasteiger partial charge on any atom is 0.227 e. The predicted octanol–water partition coefficient (Wildman–Crippen LogP) is 3.70. The van der Waals surface area contributed by atoms with Gasteiger partial charge in [-0.3, -0.25) is 4.79 Å². The van der Waals surface area contributed by atoms with E-state index >= 15 is 0 Å². The average Bonchev–Trinajstić information content (AvgIpc) is 2.18. The monoisotopic (exact) mass is 233 g/mol. The molecule has 0 bridgehead atoms. The summed E-state index contributed by atoms with van der Waals surface area (Å²) in [5.74, 6) is 0.167. The SMILES string of the molecule is Cc1ccc(N(C)C(=O)CC(C)(C)C)cc1C. The fraction of sp³-hybridized carbons (Fsp3) is 0.533. The van der Waals surface area contributed by atoms with Crippen molar-refractivity contribution in [2.45, 2.75) is 41.0 Å². The first-order chi connectivity index (χ1) is 7.70. The van der Waals surface area contributed by atoms with Gasteiger partial charge in [0.15, 0.2) is 0 Å². The van der Waals surface area contributed by atoms with Gasteiger partial charge >= 0.3 is 0 Å². The van der Waals surface area contributed by atoms with Gasteiger partial charge in [-0.15, -0.1) is 0 Å². The molecule has 0 atom stereocenters. The maximum absolute atomic E-state index is 12.1. The van der Waals surface area contributed by atoms with Crippen molar-refractivity contribution in [1.82, 2.24) is 0 Å². The quantitative estimate of drug-likeness (QED) is 0.762. The molecular weight excluding hydrogens is 210 g/mol. The fourth-order valence-electron chi connectivity index (χ4n) is 1.65. The number of rotatable bonds is 2. The van der Waals surface area contributed by atoms with Crippen molar-refractivity contribution in [3.05, 3.63) is 29.3 Å². The molecule has 0 aromatic heterocycles. The first-order valence-corrected chi connectivity index (χ1v) is 6.04. The van der Waals surface area contributed by atoms with Crippen molar-refractivity contribution in [3.63, 3.8) is 0 Å². The van der Waals surface area contributed by atoms with Crippen molar-refractivity contribution in [1.29, 1.82) is 0 Å². The molecule has 0 heterocycles. The fourth-order valence-corrected chi connectivity index (χ4v) is 1.65. The van der Waals surface area contributed by atoms with Gasteiger partial charge in [0, 0.05) is 19.2 Å². The number of anilines is 1. The van der Waals surface area contributed by atoms with E-state index in [2.05, 4.69) is 46.8 Å². The van der Waals surface area contributed by atoms with Crippen LogP contribution in [0.2, 0.25) is 0 Å². The van der Waals surface area contributed by atoms with E-state index in [0.29, 0.717) is 6.42 Å². The Balaban J connectivity index is 2.85. The Morgan fingerprint density at radius 1 is 1.18 bits per heavy atom. The van der Waals surface area contributed by atoms with Gasteiger partial charge in [-0.25, -0.2) is 0 Å². The highest BCUT2D eigenvalue weighted by atomic mass is 16.2. The number of carbonyl (C=O) groups excluding carboxylic acids is 1. The standard InChI is InChI=1S/C15H23NO/c1-11-7-8-13(9-12(11)2)16(6)14(17)10-15(3,4)5/h7-9H,10H2,1-6H3. The molecular formula is C15H23NO. The van der Waals surface area contributed by atoms with Crippen LogP contribution in [-0.4, -0.2) is 13.0 Å². The minimum Gasteiger partial charge on any atom is -0.315 e. The van der Waals surface area contributed by atoms with Gasteiger partial charge in [-0.05, 0) is 42.5 Å². The number of carbonyl (C=O) groups is 1. The molecule has 0 N–H and O–H groups in total. The summed E-state index contributed by atoms with van der Waals surface area (Å²) in [5.41, 5.74) is 3.48. The van der Waals surface area contributed by atoms with E-state index in [0.717, 1.165) is 5.69 Å². The molecule has 2 nitrogen and oxygen atoms in total. The molecule has 0 unspecified atom stereocenters. The van der Waals surface area contributed by atoms with Crippen LogP contribution in [0.25, 0.3) is 0 Å². The summed E-state index contributed by atoms with van der Waals surface area (Å²) < 4.78 is 0. The Morgan fingerprint density at radius 3 is 2.24 bits per heavy atom. The molecule has 0 saturated heterocycles. The van der Waals surface area contributed by atoms with E-state index in [-0.39, 0.29) is 11.3 Å². The molecule has 0 radical (unpaired) electrons. The number of aryl methyl sites for hydroxylation is 2. The smallest absolute Gasteiger partial charge is 0.227 e. The predicted molar refractivity (Wildman–Crippen MR) is 73.4 cm³/mol. The normalized spacial score (nSPS) is 11.4. The van der Waals surface area contributed by atoms with E-state index in [9.17, 15) is 4.79 Å². The van der Waals surface area contributed by atoms with E-state index in [1.54, 1.807) is 4.90 Å². The molecule has 1 aromatic carbocycles. The van der Waals surface area contributed by atoms with Crippen LogP contribution in [0.5, 0.6) is 0 Å². The lowest BCUT2D eigenvalue weighted by molar-refractivity contribution is -0.120. The van der Waals surface area contributed by atoms with Crippen LogP contribution in [0.15, 0.2) is 18.2 Å². The molecule has 2 heteroatoms. The Morgan fingerprint density at radius 2 is 1.76 bits per heavy atom. The van der Waals surface area contributed by atoms with Crippen LogP contribution >= 0.6 is 0 Å². The zero-order chi connectivity index (χ0) is 13.2. The zero-order valence-electron chi connectivity index (χ0n) is 11.8. The van der Waals surface area contributed by atoms with Crippen molar-refractivity contribution in [3.8, 4) is 0 Å². The number of hydrogen-bond acceptors (Lipinski definition) is 1. The maximum atomic E-state index is 12.1. The number of nitrogens with zero attached hydrogens (tertiary/aromatic N) is 1. The van der Waals surface area contributed by atoms with Gasteiger partial charge in [0.05, 0.1) is 0 Å². The summed E-state index contributed by atoms with van der Waals surface area (Å²) in [7, 11) is 1.85. The number of benzene rings is 1. The molecule has 0 fully saturated rings. The lowest BCUT2D eigenvalue weighted by Crippen LogP contribution is -2.29. The van der Waals surface area contributed by atoms with Crippen molar-refractivity contribution in [2.75, 3.05) is 11.9 Å². The first-order valence-electron chi connectivity index (χ1n) is 6.04. The Kier molecular flexibility index (Phi) is 3.97. The molecule has 94 valence electrons. The highest BCUT2D eigenvalue weighted by molar-refractivity contribution is 5.93.